The maximum Gasteiger partial charge on any atom is 0.263 e. The molecule has 0 saturated heterocycles. The van der Waals surface area contributed by atoms with E-state index in [1.54, 1.807) is 24.4 Å². The van der Waals surface area contributed by atoms with Crippen molar-refractivity contribution in [2.24, 2.45) is 0 Å². The summed E-state index contributed by atoms with van der Waals surface area (Å²) in [5.41, 5.74) is 0. The molecule has 1 saturated carbocycles. The lowest BCUT2D eigenvalue weighted by Crippen LogP contribution is -2.24. The summed E-state index contributed by atoms with van der Waals surface area (Å²) in [6.45, 7) is -0.128. The number of nitrogens with zero attached hydrogens (tertiary/aromatic N) is 2. The van der Waals surface area contributed by atoms with Crippen LogP contribution in [0, 0.1) is 0 Å². The van der Waals surface area contributed by atoms with Gasteiger partial charge in [-0.1, -0.05) is 42.5 Å². The first-order valence-corrected chi connectivity index (χ1v) is 8.80. The molecule has 1 aliphatic carbocycles. The second-order valence-electron chi connectivity index (χ2n) is 5.86. The second-order valence-corrected chi connectivity index (χ2v) is 6.71. The number of anilines is 1. The lowest BCUT2D eigenvalue weighted by atomic mass is 9.96. The third-order valence-electron chi connectivity index (χ3n) is 4.11. The van der Waals surface area contributed by atoms with Gasteiger partial charge < -0.3 is 10.1 Å². The maximum atomic E-state index is 12.2. The number of carbonyl (C=O) groups excluding carboxylic acids is 1. The molecule has 1 N–H and O–H groups in total. The molecule has 0 bridgehead atoms. The Bertz CT molecular complexity index is 712. The molecule has 0 radical (unpaired) electrons. The Morgan fingerprint density at radius 3 is 2.79 bits per heavy atom. The molecule has 3 rings (SSSR count). The maximum absolute atomic E-state index is 12.2. The summed E-state index contributed by atoms with van der Waals surface area (Å²) in [4.78, 5) is 12.2. The van der Waals surface area contributed by atoms with Gasteiger partial charge in [-0.05, 0) is 31.0 Å². The van der Waals surface area contributed by atoms with Crippen molar-refractivity contribution in [3.05, 3.63) is 40.5 Å². The molecule has 24 heavy (non-hydrogen) atoms. The first kappa shape index (κ1) is 17.1. The minimum atomic E-state index is -0.251. The third-order valence-corrected chi connectivity index (χ3v) is 4.64. The minimum Gasteiger partial charge on any atom is -0.482 e. The first-order valence-electron chi connectivity index (χ1n) is 8.04. The lowest BCUT2D eigenvalue weighted by Gasteiger charge is -2.23. The van der Waals surface area contributed by atoms with E-state index in [9.17, 15) is 4.79 Å². The molecular formula is C17H19Cl2N3O2. The number of aromatic nitrogens is 2. The van der Waals surface area contributed by atoms with Gasteiger partial charge in [-0.2, -0.15) is 5.10 Å². The number of amides is 1. The van der Waals surface area contributed by atoms with Gasteiger partial charge in [0, 0.05) is 11.1 Å². The zero-order chi connectivity index (χ0) is 16.9. The molecule has 2 aromatic rings. The van der Waals surface area contributed by atoms with Crippen LogP contribution < -0.4 is 10.1 Å². The van der Waals surface area contributed by atoms with E-state index in [1.807, 2.05) is 10.7 Å². The van der Waals surface area contributed by atoms with Crippen molar-refractivity contribution >= 4 is 34.9 Å². The Hall–Kier alpha value is -1.72. The van der Waals surface area contributed by atoms with Crippen molar-refractivity contribution in [1.29, 1.82) is 0 Å². The van der Waals surface area contributed by atoms with Crippen LogP contribution in [0.4, 0.5) is 5.82 Å². The van der Waals surface area contributed by atoms with Gasteiger partial charge in [0.2, 0.25) is 0 Å². The lowest BCUT2D eigenvalue weighted by molar-refractivity contribution is -0.118. The highest BCUT2D eigenvalue weighted by molar-refractivity contribution is 6.35. The van der Waals surface area contributed by atoms with Crippen LogP contribution >= 0.6 is 23.2 Å². The average Bonchev–Trinajstić information content (AvgIpc) is 3.03. The number of ether oxygens (including phenoxy) is 1. The van der Waals surface area contributed by atoms with Crippen LogP contribution in [0.2, 0.25) is 10.0 Å². The van der Waals surface area contributed by atoms with Crippen LogP contribution in [-0.2, 0) is 4.79 Å². The Morgan fingerprint density at radius 1 is 1.25 bits per heavy atom. The van der Waals surface area contributed by atoms with Gasteiger partial charge in [0.25, 0.3) is 5.91 Å². The van der Waals surface area contributed by atoms with Crippen LogP contribution in [0.3, 0.4) is 0 Å². The molecule has 0 aliphatic heterocycles. The molecule has 128 valence electrons. The van der Waals surface area contributed by atoms with Crippen LogP contribution in [0.5, 0.6) is 5.75 Å². The fourth-order valence-corrected chi connectivity index (χ4v) is 3.41. The largest absolute Gasteiger partial charge is 0.482 e. The second kappa shape index (κ2) is 7.90. The van der Waals surface area contributed by atoms with E-state index in [1.165, 1.54) is 19.3 Å². The monoisotopic (exact) mass is 367 g/mol. The molecule has 0 atom stereocenters. The number of carbonyl (C=O) groups is 1. The topological polar surface area (TPSA) is 56.1 Å². The van der Waals surface area contributed by atoms with Gasteiger partial charge in [-0.15, -0.1) is 0 Å². The standard InChI is InChI=1S/C17H19Cl2N3O2/c18-12-6-7-15(14(19)10-12)24-11-17(23)21-16-8-9-20-22(16)13-4-2-1-3-5-13/h6-10,13H,1-5,11H2,(H,21,23). The van der Waals surface area contributed by atoms with E-state index in [-0.39, 0.29) is 12.5 Å². The van der Waals surface area contributed by atoms with Gasteiger partial charge in [0.05, 0.1) is 17.3 Å². The van der Waals surface area contributed by atoms with Crippen LogP contribution in [0.25, 0.3) is 0 Å². The summed E-state index contributed by atoms with van der Waals surface area (Å²) in [7, 11) is 0. The van der Waals surface area contributed by atoms with Crippen molar-refractivity contribution < 1.29 is 9.53 Å². The van der Waals surface area contributed by atoms with Crippen molar-refractivity contribution in [3.8, 4) is 5.75 Å². The molecule has 5 nitrogen and oxygen atoms in total. The van der Waals surface area contributed by atoms with Crippen molar-refractivity contribution in [3.63, 3.8) is 0 Å². The summed E-state index contributed by atoms with van der Waals surface area (Å²) >= 11 is 11.9. The molecule has 1 amide bonds. The summed E-state index contributed by atoms with van der Waals surface area (Å²) in [6.07, 6.45) is 7.59. The van der Waals surface area contributed by atoms with Crippen LogP contribution in [0.15, 0.2) is 30.5 Å². The quantitative estimate of drug-likeness (QED) is 0.831. The first-order chi connectivity index (χ1) is 11.6. The van der Waals surface area contributed by atoms with Crippen molar-refractivity contribution in [1.82, 2.24) is 9.78 Å². The van der Waals surface area contributed by atoms with Crippen molar-refractivity contribution in [2.75, 3.05) is 11.9 Å². The SMILES string of the molecule is O=C(COc1ccc(Cl)cc1Cl)Nc1ccnn1C1CCCCC1. The van der Waals surface area contributed by atoms with Gasteiger partial charge in [0.1, 0.15) is 11.6 Å². The predicted octanol–water partition coefficient (Wildman–Crippen LogP) is 4.71. The van der Waals surface area contributed by atoms with E-state index in [0.29, 0.717) is 27.7 Å². The van der Waals surface area contributed by atoms with Gasteiger partial charge >= 0.3 is 0 Å². The van der Waals surface area contributed by atoms with E-state index in [4.69, 9.17) is 27.9 Å². The highest BCUT2D eigenvalue weighted by Gasteiger charge is 2.19. The Labute approximate surface area is 150 Å². The van der Waals surface area contributed by atoms with Crippen LogP contribution in [-0.4, -0.2) is 22.3 Å². The fourth-order valence-electron chi connectivity index (χ4n) is 2.94. The molecule has 1 aromatic heterocycles. The molecule has 1 aromatic carbocycles. The summed E-state index contributed by atoms with van der Waals surface area (Å²) < 4.78 is 7.36. The van der Waals surface area contributed by atoms with E-state index in [0.717, 1.165) is 12.8 Å². The number of hydrogen-bond acceptors (Lipinski definition) is 3. The normalized spacial score (nSPS) is 15.2. The highest BCUT2D eigenvalue weighted by Crippen LogP contribution is 2.30. The van der Waals surface area contributed by atoms with Crippen LogP contribution in [0.1, 0.15) is 38.1 Å². The number of benzene rings is 1. The van der Waals surface area contributed by atoms with E-state index >= 15 is 0 Å². The van der Waals surface area contributed by atoms with Gasteiger partial charge in [-0.25, -0.2) is 4.68 Å². The van der Waals surface area contributed by atoms with Gasteiger partial charge in [-0.3, -0.25) is 4.79 Å². The molecule has 0 unspecified atom stereocenters. The van der Waals surface area contributed by atoms with Crippen molar-refractivity contribution in [2.45, 2.75) is 38.1 Å². The molecule has 1 heterocycles. The summed E-state index contributed by atoms with van der Waals surface area (Å²) in [6, 6.07) is 7.05. The highest BCUT2D eigenvalue weighted by atomic mass is 35.5. The molecular weight excluding hydrogens is 349 g/mol. The summed E-state index contributed by atoms with van der Waals surface area (Å²) in [5, 5.41) is 8.12. The number of halogens is 2. The predicted molar refractivity (Wildman–Crippen MR) is 94.9 cm³/mol. The molecule has 1 fully saturated rings. The number of hydrogen-bond donors (Lipinski definition) is 1. The minimum absolute atomic E-state index is 0.128. The molecule has 0 spiro atoms. The molecule has 1 aliphatic rings. The van der Waals surface area contributed by atoms with Gasteiger partial charge in [0.15, 0.2) is 6.61 Å². The Morgan fingerprint density at radius 2 is 2.04 bits per heavy atom. The van der Waals surface area contributed by atoms with E-state index < -0.39 is 0 Å². The Balaban J connectivity index is 1.58. The number of rotatable bonds is 5. The smallest absolute Gasteiger partial charge is 0.263 e. The molecule has 7 heteroatoms. The zero-order valence-electron chi connectivity index (χ0n) is 13.2. The zero-order valence-corrected chi connectivity index (χ0v) is 14.7. The number of nitrogens with one attached hydrogen (secondary N) is 1. The fraction of sp³-hybridized carbons (Fsp3) is 0.412. The Kier molecular flexibility index (Phi) is 5.63. The third kappa shape index (κ3) is 4.22. The average molecular weight is 368 g/mol. The van der Waals surface area contributed by atoms with E-state index in [2.05, 4.69) is 10.4 Å². The summed E-state index contributed by atoms with van der Waals surface area (Å²) in [5.74, 6) is 0.883.